The molecular formula is C43H77O8P. The third-order valence-corrected chi connectivity index (χ3v) is 9.35. The SMILES string of the molecule is CC/C=C\C/C=C\C/C=C\C/C=C\CCCCC(=O)O[C@H](COC(=O)CCCCCCCCCCCCCCCCCCCCC)COP(=O)(O)O. The summed E-state index contributed by atoms with van der Waals surface area (Å²) in [5, 5.41) is 0. The number of ether oxygens (including phenoxy) is 2. The van der Waals surface area contributed by atoms with Gasteiger partial charge in [0.05, 0.1) is 6.61 Å². The number of hydrogen-bond acceptors (Lipinski definition) is 6. The second-order valence-corrected chi connectivity index (χ2v) is 15.2. The van der Waals surface area contributed by atoms with Crippen LogP contribution in [0.15, 0.2) is 48.6 Å². The zero-order valence-corrected chi connectivity index (χ0v) is 34.1. The smallest absolute Gasteiger partial charge is 0.462 e. The Hall–Kier alpha value is -1.99. The van der Waals surface area contributed by atoms with Gasteiger partial charge in [-0.15, -0.1) is 0 Å². The Kier molecular flexibility index (Phi) is 37.2. The minimum atomic E-state index is -4.76. The molecule has 52 heavy (non-hydrogen) atoms. The fourth-order valence-corrected chi connectivity index (χ4v) is 6.14. The summed E-state index contributed by atoms with van der Waals surface area (Å²) in [5.74, 6) is -0.929. The van der Waals surface area contributed by atoms with Gasteiger partial charge in [-0.3, -0.25) is 14.1 Å². The molecule has 8 nitrogen and oxygen atoms in total. The van der Waals surface area contributed by atoms with Crippen molar-refractivity contribution in [2.75, 3.05) is 13.2 Å². The Labute approximate surface area is 318 Å². The molecular weight excluding hydrogens is 675 g/mol. The molecule has 0 radical (unpaired) electrons. The molecule has 0 fully saturated rings. The molecule has 0 bridgehead atoms. The van der Waals surface area contributed by atoms with Gasteiger partial charge in [0, 0.05) is 12.8 Å². The quantitative estimate of drug-likeness (QED) is 0.0277. The number of phosphoric ester groups is 1. The number of esters is 2. The molecule has 0 saturated carbocycles. The van der Waals surface area contributed by atoms with Gasteiger partial charge in [0.25, 0.3) is 0 Å². The normalized spacial score (nSPS) is 12.9. The third kappa shape index (κ3) is 40.8. The Morgan fingerprint density at radius 1 is 0.519 bits per heavy atom. The molecule has 0 spiro atoms. The molecule has 0 amide bonds. The molecule has 0 unspecified atom stereocenters. The van der Waals surface area contributed by atoms with Gasteiger partial charge in [0.1, 0.15) is 6.61 Å². The van der Waals surface area contributed by atoms with Crippen LogP contribution in [-0.4, -0.2) is 41.0 Å². The number of hydrogen-bond donors (Lipinski definition) is 2. The molecule has 0 aliphatic carbocycles. The highest BCUT2D eigenvalue weighted by Crippen LogP contribution is 2.36. The van der Waals surface area contributed by atoms with E-state index < -0.39 is 32.5 Å². The first kappa shape index (κ1) is 50.0. The Morgan fingerprint density at radius 3 is 1.38 bits per heavy atom. The molecule has 0 aromatic carbocycles. The van der Waals surface area contributed by atoms with Gasteiger partial charge < -0.3 is 19.3 Å². The van der Waals surface area contributed by atoms with E-state index in [4.69, 9.17) is 19.3 Å². The van der Waals surface area contributed by atoms with Crippen LogP contribution in [0.1, 0.15) is 194 Å². The molecule has 0 aliphatic heterocycles. The number of allylic oxidation sites excluding steroid dienone is 8. The molecule has 9 heteroatoms. The van der Waals surface area contributed by atoms with Crippen LogP contribution in [0.25, 0.3) is 0 Å². The molecule has 0 aromatic heterocycles. The maximum atomic E-state index is 12.4. The Bertz CT molecular complexity index is 984. The molecule has 1 atom stereocenters. The first-order chi connectivity index (χ1) is 25.3. The third-order valence-electron chi connectivity index (χ3n) is 8.86. The highest BCUT2D eigenvalue weighted by atomic mass is 31.2. The van der Waals surface area contributed by atoms with Crippen LogP contribution < -0.4 is 0 Å². The maximum Gasteiger partial charge on any atom is 0.469 e. The van der Waals surface area contributed by atoms with E-state index in [-0.39, 0.29) is 19.4 Å². The van der Waals surface area contributed by atoms with Crippen LogP contribution in [0, 0.1) is 0 Å². The van der Waals surface area contributed by atoms with E-state index in [1.807, 2.05) is 0 Å². The highest BCUT2D eigenvalue weighted by molar-refractivity contribution is 7.46. The van der Waals surface area contributed by atoms with Gasteiger partial charge in [0.15, 0.2) is 6.10 Å². The van der Waals surface area contributed by atoms with E-state index >= 15 is 0 Å². The van der Waals surface area contributed by atoms with Crippen molar-refractivity contribution in [3.63, 3.8) is 0 Å². The van der Waals surface area contributed by atoms with Crippen LogP contribution in [0.5, 0.6) is 0 Å². The van der Waals surface area contributed by atoms with Crippen LogP contribution in [-0.2, 0) is 28.2 Å². The van der Waals surface area contributed by atoms with Crippen LogP contribution in [0.2, 0.25) is 0 Å². The van der Waals surface area contributed by atoms with Crippen molar-refractivity contribution in [1.29, 1.82) is 0 Å². The summed E-state index contributed by atoms with van der Waals surface area (Å²) in [5.41, 5.74) is 0. The maximum absolute atomic E-state index is 12.4. The predicted octanol–water partition coefficient (Wildman–Crippen LogP) is 12.7. The Balaban J connectivity index is 3.94. The van der Waals surface area contributed by atoms with E-state index in [1.165, 1.54) is 103 Å². The van der Waals surface area contributed by atoms with Crippen molar-refractivity contribution in [3.8, 4) is 0 Å². The summed E-state index contributed by atoms with van der Waals surface area (Å²) in [6, 6.07) is 0. The molecule has 0 aliphatic rings. The lowest BCUT2D eigenvalue weighted by atomic mass is 10.0. The van der Waals surface area contributed by atoms with Crippen LogP contribution in [0.3, 0.4) is 0 Å². The van der Waals surface area contributed by atoms with Crippen molar-refractivity contribution < 1.29 is 37.9 Å². The van der Waals surface area contributed by atoms with Crippen LogP contribution in [0.4, 0.5) is 0 Å². The summed E-state index contributed by atoms with van der Waals surface area (Å²) < 4.78 is 26.3. The average molecular weight is 753 g/mol. The second-order valence-electron chi connectivity index (χ2n) is 13.9. The van der Waals surface area contributed by atoms with Crippen LogP contribution >= 0.6 is 7.82 Å². The molecule has 0 rings (SSSR count). The average Bonchev–Trinajstić information content (AvgIpc) is 3.11. The van der Waals surface area contributed by atoms with E-state index in [0.717, 1.165) is 57.8 Å². The number of rotatable bonds is 38. The summed E-state index contributed by atoms with van der Waals surface area (Å²) in [7, 11) is -4.76. The lowest BCUT2D eigenvalue weighted by Gasteiger charge is -2.18. The highest BCUT2D eigenvalue weighted by Gasteiger charge is 2.22. The topological polar surface area (TPSA) is 119 Å². The molecule has 0 aromatic rings. The van der Waals surface area contributed by atoms with Gasteiger partial charge >= 0.3 is 19.8 Å². The molecule has 2 N–H and O–H groups in total. The van der Waals surface area contributed by atoms with Crippen molar-refractivity contribution in [1.82, 2.24) is 0 Å². The minimum absolute atomic E-state index is 0.160. The first-order valence-corrected chi connectivity index (χ1v) is 22.5. The van der Waals surface area contributed by atoms with Gasteiger partial charge in [-0.1, -0.05) is 178 Å². The largest absolute Gasteiger partial charge is 0.469 e. The minimum Gasteiger partial charge on any atom is -0.462 e. The standard InChI is InChI=1S/C43H77O8P/c1-3-5-7-9-11-13-15-17-19-20-21-22-24-25-27-29-31-33-35-37-42(44)49-39-41(40-50-52(46,47)48)51-43(45)38-36-34-32-30-28-26-23-18-16-14-12-10-8-6-4-2/h6,8,12,14,18,23,28,30,41H,3-5,7,9-11,13,15-17,19-22,24-27,29,31-40H2,1-2H3,(H2,46,47,48)/b8-6-,14-12-,23-18-,30-28-/t41-/m1/s1. The Morgan fingerprint density at radius 2 is 0.923 bits per heavy atom. The monoisotopic (exact) mass is 753 g/mol. The van der Waals surface area contributed by atoms with Gasteiger partial charge in [-0.25, -0.2) is 4.57 Å². The molecule has 302 valence electrons. The summed E-state index contributed by atoms with van der Waals surface area (Å²) in [6.45, 7) is 3.55. The van der Waals surface area contributed by atoms with Crippen molar-refractivity contribution >= 4 is 19.8 Å². The van der Waals surface area contributed by atoms with E-state index in [0.29, 0.717) is 6.42 Å². The molecule has 0 saturated heterocycles. The van der Waals surface area contributed by atoms with Crippen molar-refractivity contribution in [3.05, 3.63) is 48.6 Å². The lowest BCUT2D eigenvalue weighted by Crippen LogP contribution is -2.29. The zero-order valence-electron chi connectivity index (χ0n) is 33.2. The van der Waals surface area contributed by atoms with Crippen molar-refractivity contribution in [2.24, 2.45) is 0 Å². The van der Waals surface area contributed by atoms with Gasteiger partial charge in [-0.2, -0.15) is 0 Å². The summed E-state index contributed by atoms with van der Waals surface area (Å²) in [6.07, 6.45) is 47.0. The lowest BCUT2D eigenvalue weighted by molar-refractivity contribution is -0.161. The van der Waals surface area contributed by atoms with Gasteiger partial charge in [0.2, 0.25) is 0 Å². The zero-order chi connectivity index (χ0) is 38.2. The number of carbonyl (C=O) groups excluding carboxylic acids is 2. The van der Waals surface area contributed by atoms with Gasteiger partial charge in [-0.05, 0) is 51.4 Å². The van der Waals surface area contributed by atoms with E-state index in [2.05, 4.69) is 67.0 Å². The summed E-state index contributed by atoms with van der Waals surface area (Å²) in [4.78, 5) is 42.8. The van der Waals surface area contributed by atoms with E-state index in [9.17, 15) is 14.2 Å². The fourth-order valence-electron chi connectivity index (χ4n) is 5.78. The van der Waals surface area contributed by atoms with E-state index in [1.54, 1.807) is 0 Å². The number of phosphoric acid groups is 1. The number of unbranched alkanes of at least 4 members (excludes halogenated alkanes) is 20. The summed E-state index contributed by atoms with van der Waals surface area (Å²) >= 11 is 0. The predicted molar refractivity (Wildman–Crippen MR) is 216 cm³/mol. The second kappa shape index (κ2) is 38.7. The molecule has 0 heterocycles. The number of carbonyl (C=O) groups is 2. The van der Waals surface area contributed by atoms with Crippen molar-refractivity contribution in [2.45, 2.75) is 200 Å². The first-order valence-electron chi connectivity index (χ1n) is 20.9. The fraction of sp³-hybridized carbons (Fsp3) is 0.767.